The van der Waals surface area contributed by atoms with Gasteiger partial charge in [-0.05, 0) is 30.7 Å². The van der Waals surface area contributed by atoms with Crippen molar-refractivity contribution >= 4 is 47.9 Å². The summed E-state index contributed by atoms with van der Waals surface area (Å²) in [6.07, 6.45) is 0.858. The predicted octanol–water partition coefficient (Wildman–Crippen LogP) is -0.354. The van der Waals surface area contributed by atoms with E-state index >= 15 is 0 Å². The fraction of sp³-hybridized carbons (Fsp3) is 0.300. The maximum absolute atomic E-state index is 13.2. The standard InChI is InChI=1S/C20H21BrN6O8S2/c21-12-2-1-3-13(7-12)36(31,32)27-5-4-15(26-27)18(29)14-8-23-10-24-20(14)25-16-6-11(17(28)19(16)30)9-35-37(22,33)34/h1-5,7-8,10-11,16-17,19,28,30H,6,9H2,(H2,22,33,34)(H,23,24,25)/t11-,16+,17+,19-/m0/s1. The SMILES string of the molecule is NS(=O)(=O)OC[C@@H]1C[C@@H](Nc2ncncc2C(=O)c2ccn(S(=O)(=O)c3cccc(Br)c3)n2)[C@H](O)[C@@H]1O. The molecule has 1 aliphatic rings. The number of rotatable bonds is 9. The quantitative estimate of drug-likeness (QED) is 0.227. The number of aliphatic hydroxyl groups excluding tert-OH is 2. The van der Waals surface area contributed by atoms with Crippen molar-refractivity contribution in [2.75, 3.05) is 11.9 Å². The monoisotopic (exact) mass is 616 g/mol. The number of hydrogen-bond acceptors (Lipinski definition) is 12. The Morgan fingerprint density at radius 2 is 1.97 bits per heavy atom. The molecular weight excluding hydrogens is 596 g/mol. The molecule has 1 saturated carbocycles. The molecule has 0 spiro atoms. The van der Waals surface area contributed by atoms with Crippen molar-refractivity contribution in [3.63, 3.8) is 0 Å². The van der Waals surface area contributed by atoms with E-state index in [0.717, 1.165) is 12.5 Å². The average Bonchev–Trinajstić information content (AvgIpc) is 3.44. The van der Waals surface area contributed by atoms with E-state index < -0.39 is 56.9 Å². The van der Waals surface area contributed by atoms with Crippen LogP contribution in [0.1, 0.15) is 22.5 Å². The molecule has 2 aromatic heterocycles. The van der Waals surface area contributed by atoms with Crippen molar-refractivity contribution in [2.24, 2.45) is 11.1 Å². The molecule has 0 bridgehead atoms. The number of carbonyl (C=O) groups is 1. The van der Waals surface area contributed by atoms with E-state index in [1.54, 1.807) is 12.1 Å². The van der Waals surface area contributed by atoms with Crippen LogP contribution in [0.3, 0.4) is 0 Å². The lowest BCUT2D eigenvalue weighted by Gasteiger charge is -2.19. The number of aromatic nitrogens is 4. The summed E-state index contributed by atoms with van der Waals surface area (Å²) in [6.45, 7) is -0.450. The Morgan fingerprint density at radius 1 is 1.22 bits per heavy atom. The first-order valence-corrected chi connectivity index (χ1v) is 14.3. The molecule has 0 radical (unpaired) electrons. The number of nitrogens with two attached hydrogens (primary N) is 1. The number of benzene rings is 1. The minimum atomic E-state index is -4.24. The van der Waals surface area contributed by atoms with Crippen molar-refractivity contribution < 1.29 is 36.0 Å². The molecular formula is C20H21BrN6O8S2. The first-order valence-electron chi connectivity index (χ1n) is 10.6. The summed E-state index contributed by atoms with van der Waals surface area (Å²) in [7, 11) is -8.31. The topological polar surface area (TPSA) is 217 Å². The van der Waals surface area contributed by atoms with E-state index in [4.69, 9.17) is 5.14 Å². The minimum absolute atomic E-state index is 0.00587. The van der Waals surface area contributed by atoms with Gasteiger partial charge in [-0.25, -0.2) is 15.1 Å². The maximum Gasteiger partial charge on any atom is 0.333 e. The number of aliphatic hydroxyl groups is 2. The largest absolute Gasteiger partial charge is 0.390 e. The first kappa shape index (κ1) is 27.2. The van der Waals surface area contributed by atoms with E-state index in [-0.39, 0.29) is 28.4 Å². The first-order chi connectivity index (χ1) is 17.4. The second kappa shape index (κ2) is 10.5. The Hall–Kier alpha value is -2.80. The zero-order valence-corrected chi connectivity index (χ0v) is 22.0. The Kier molecular flexibility index (Phi) is 7.75. The third kappa shape index (κ3) is 6.03. The number of carbonyl (C=O) groups excluding carboxylic acids is 1. The number of nitrogens with zero attached hydrogens (tertiary/aromatic N) is 4. The van der Waals surface area contributed by atoms with Crippen LogP contribution in [-0.4, -0.2) is 76.8 Å². The Labute approximate surface area is 219 Å². The van der Waals surface area contributed by atoms with Crippen molar-refractivity contribution in [3.05, 3.63) is 64.8 Å². The lowest BCUT2D eigenvalue weighted by molar-refractivity contribution is 0.00778. The van der Waals surface area contributed by atoms with Crippen molar-refractivity contribution in [1.82, 2.24) is 19.2 Å². The second-order valence-electron chi connectivity index (χ2n) is 8.16. The third-order valence-corrected chi connectivity index (χ3v) is 8.17. The van der Waals surface area contributed by atoms with Gasteiger partial charge in [-0.3, -0.25) is 8.98 Å². The smallest absolute Gasteiger partial charge is 0.333 e. The number of ketones is 1. The molecule has 14 nitrogen and oxygen atoms in total. The highest BCUT2D eigenvalue weighted by Crippen LogP contribution is 2.30. The van der Waals surface area contributed by atoms with E-state index in [2.05, 4.69) is 40.5 Å². The van der Waals surface area contributed by atoms with Crippen LogP contribution in [-0.2, 0) is 24.5 Å². The van der Waals surface area contributed by atoms with Gasteiger partial charge < -0.3 is 15.5 Å². The third-order valence-electron chi connectivity index (χ3n) is 5.67. The van der Waals surface area contributed by atoms with Gasteiger partial charge in [0.25, 0.3) is 10.0 Å². The Morgan fingerprint density at radius 3 is 2.68 bits per heavy atom. The molecule has 1 fully saturated rings. The van der Waals surface area contributed by atoms with E-state index in [0.29, 0.717) is 8.56 Å². The molecule has 0 aliphatic heterocycles. The van der Waals surface area contributed by atoms with Crippen LogP contribution < -0.4 is 10.5 Å². The summed E-state index contributed by atoms with van der Waals surface area (Å²) in [5.41, 5.74) is -0.276. The van der Waals surface area contributed by atoms with Gasteiger partial charge in [0, 0.05) is 22.8 Å². The number of hydrogen-bond donors (Lipinski definition) is 4. The summed E-state index contributed by atoms with van der Waals surface area (Å²) in [6, 6.07) is 6.39. The fourth-order valence-electron chi connectivity index (χ4n) is 3.84. The van der Waals surface area contributed by atoms with Gasteiger partial charge in [0.05, 0.1) is 29.2 Å². The zero-order valence-electron chi connectivity index (χ0n) is 18.7. The molecule has 0 unspecified atom stereocenters. The molecule has 4 atom stereocenters. The number of halogens is 1. The molecule has 198 valence electrons. The lowest BCUT2D eigenvalue weighted by atomic mass is 10.1. The summed E-state index contributed by atoms with van der Waals surface area (Å²) >= 11 is 3.22. The highest BCUT2D eigenvalue weighted by Gasteiger charge is 2.42. The van der Waals surface area contributed by atoms with Gasteiger partial charge >= 0.3 is 10.3 Å². The van der Waals surface area contributed by atoms with Gasteiger partial charge in [-0.2, -0.15) is 26.0 Å². The minimum Gasteiger partial charge on any atom is -0.390 e. The van der Waals surface area contributed by atoms with Gasteiger partial charge in [0.1, 0.15) is 23.9 Å². The molecule has 1 aromatic carbocycles. The number of nitrogens with one attached hydrogen (secondary N) is 1. The molecule has 4 rings (SSSR count). The van der Waals surface area contributed by atoms with E-state index in [9.17, 15) is 31.8 Å². The Bertz CT molecular complexity index is 1530. The number of anilines is 1. The molecule has 3 aromatic rings. The lowest BCUT2D eigenvalue weighted by Crippen LogP contribution is -2.36. The summed E-state index contributed by atoms with van der Waals surface area (Å²) in [5.74, 6) is -1.48. The maximum atomic E-state index is 13.2. The van der Waals surface area contributed by atoms with Crippen LogP contribution in [0.15, 0.2) is 58.4 Å². The molecule has 2 heterocycles. The normalized spacial score (nSPS) is 22.2. The van der Waals surface area contributed by atoms with E-state index in [1.165, 1.54) is 24.4 Å². The van der Waals surface area contributed by atoms with Crippen LogP contribution in [0.5, 0.6) is 0 Å². The van der Waals surface area contributed by atoms with Crippen LogP contribution in [0, 0.1) is 5.92 Å². The zero-order chi connectivity index (χ0) is 27.0. The molecule has 5 N–H and O–H groups in total. The molecule has 37 heavy (non-hydrogen) atoms. The van der Waals surface area contributed by atoms with Crippen LogP contribution in [0.2, 0.25) is 0 Å². The van der Waals surface area contributed by atoms with E-state index in [1.807, 2.05) is 0 Å². The van der Waals surface area contributed by atoms with Crippen molar-refractivity contribution in [3.8, 4) is 0 Å². The molecule has 1 aliphatic carbocycles. The van der Waals surface area contributed by atoms with Crippen molar-refractivity contribution in [1.29, 1.82) is 0 Å². The van der Waals surface area contributed by atoms with Crippen LogP contribution >= 0.6 is 15.9 Å². The van der Waals surface area contributed by atoms with Gasteiger partial charge in [0.15, 0.2) is 0 Å². The fourth-order valence-corrected chi connectivity index (χ4v) is 5.91. The summed E-state index contributed by atoms with van der Waals surface area (Å²) in [4.78, 5) is 21.0. The highest BCUT2D eigenvalue weighted by atomic mass is 79.9. The molecule has 0 saturated heterocycles. The van der Waals surface area contributed by atoms with Crippen LogP contribution in [0.25, 0.3) is 0 Å². The molecule has 17 heteroatoms. The molecule has 0 amide bonds. The highest BCUT2D eigenvalue weighted by molar-refractivity contribution is 9.10. The van der Waals surface area contributed by atoms with Crippen molar-refractivity contribution in [2.45, 2.75) is 29.6 Å². The van der Waals surface area contributed by atoms with Gasteiger partial charge in [-0.1, -0.05) is 22.0 Å². The second-order valence-corrected chi connectivity index (χ2v) is 12.1. The van der Waals surface area contributed by atoms with Gasteiger partial charge in [-0.15, -0.1) is 0 Å². The van der Waals surface area contributed by atoms with Crippen LogP contribution in [0.4, 0.5) is 5.82 Å². The summed E-state index contributed by atoms with van der Waals surface area (Å²) < 4.78 is 53.6. The average molecular weight is 617 g/mol. The summed E-state index contributed by atoms with van der Waals surface area (Å²) in [5, 5.41) is 32.3. The predicted molar refractivity (Wildman–Crippen MR) is 131 cm³/mol. The Balaban J connectivity index is 1.54. The van der Waals surface area contributed by atoms with Gasteiger partial charge in [0.2, 0.25) is 5.78 Å².